The van der Waals surface area contributed by atoms with Crippen molar-refractivity contribution in [2.45, 2.75) is 55.9 Å². The Bertz CT molecular complexity index is 792. The molecule has 144 valence electrons. The van der Waals surface area contributed by atoms with E-state index in [1.165, 1.54) is 43.2 Å². The predicted molar refractivity (Wildman–Crippen MR) is 103 cm³/mol. The second-order valence-corrected chi connectivity index (χ2v) is 8.41. The van der Waals surface area contributed by atoms with Gasteiger partial charge < -0.3 is 9.47 Å². The molecule has 0 spiro atoms. The van der Waals surface area contributed by atoms with Crippen molar-refractivity contribution in [3.8, 4) is 0 Å². The van der Waals surface area contributed by atoms with Crippen molar-refractivity contribution in [3.05, 3.63) is 41.7 Å². The number of amides is 1. The lowest BCUT2D eigenvalue weighted by Gasteiger charge is -2.32. The fourth-order valence-electron chi connectivity index (χ4n) is 3.99. The molecule has 1 aromatic heterocycles. The molecular weight excluding hydrogens is 363 g/mol. The van der Waals surface area contributed by atoms with Gasteiger partial charge in [-0.05, 0) is 49.9 Å². The summed E-state index contributed by atoms with van der Waals surface area (Å²) in [6, 6.07) is 6.30. The first-order valence-corrected chi connectivity index (χ1v) is 10.8. The zero-order chi connectivity index (χ0) is 18.6. The number of carbonyl (C=O) groups is 1. The standard InChI is InChI=1S/C20H25FN4OS/c21-16-7-9-17(10-8-16)27-14-19(26)24-11-4-5-15(13-24)20-23-22-18-6-2-1-3-12-25(18)20/h7-10,15H,1-6,11-14H2. The first-order chi connectivity index (χ1) is 13.2. The monoisotopic (exact) mass is 388 g/mol. The Hall–Kier alpha value is -1.89. The molecule has 2 aliphatic rings. The summed E-state index contributed by atoms with van der Waals surface area (Å²) in [5.74, 6) is 2.73. The van der Waals surface area contributed by atoms with Gasteiger partial charge in [-0.2, -0.15) is 0 Å². The Kier molecular flexibility index (Phi) is 5.76. The van der Waals surface area contributed by atoms with Gasteiger partial charge in [0.1, 0.15) is 17.5 Å². The molecule has 0 aliphatic carbocycles. The molecule has 27 heavy (non-hydrogen) atoms. The smallest absolute Gasteiger partial charge is 0.232 e. The minimum atomic E-state index is -0.253. The number of hydrogen-bond acceptors (Lipinski definition) is 4. The van der Waals surface area contributed by atoms with E-state index < -0.39 is 0 Å². The molecule has 0 radical (unpaired) electrons. The molecule has 1 unspecified atom stereocenters. The van der Waals surface area contributed by atoms with E-state index in [1.54, 1.807) is 12.1 Å². The molecule has 1 aromatic carbocycles. The highest BCUT2D eigenvalue weighted by molar-refractivity contribution is 8.00. The van der Waals surface area contributed by atoms with Crippen LogP contribution in [0.2, 0.25) is 0 Å². The Morgan fingerprint density at radius 3 is 2.81 bits per heavy atom. The summed E-state index contributed by atoms with van der Waals surface area (Å²) in [4.78, 5) is 15.6. The van der Waals surface area contributed by atoms with Gasteiger partial charge in [0.25, 0.3) is 0 Å². The third kappa shape index (κ3) is 4.34. The second kappa shape index (κ2) is 8.42. The number of likely N-dealkylation sites (tertiary alicyclic amines) is 1. The first kappa shape index (κ1) is 18.5. The van der Waals surface area contributed by atoms with Gasteiger partial charge in [0.2, 0.25) is 5.91 Å². The highest BCUT2D eigenvalue weighted by Crippen LogP contribution is 2.29. The Balaban J connectivity index is 1.38. The Morgan fingerprint density at radius 2 is 1.96 bits per heavy atom. The lowest BCUT2D eigenvalue weighted by Crippen LogP contribution is -2.40. The summed E-state index contributed by atoms with van der Waals surface area (Å²) >= 11 is 1.46. The predicted octanol–water partition coefficient (Wildman–Crippen LogP) is 3.64. The SMILES string of the molecule is O=C(CSc1ccc(F)cc1)N1CCCC(c2nnc3n2CCCCC3)C1. The summed E-state index contributed by atoms with van der Waals surface area (Å²) < 4.78 is 15.3. The number of aryl methyl sites for hydroxylation is 1. The molecule has 2 aliphatic heterocycles. The van der Waals surface area contributed by atoms with E-state index in [1.807, 2.05) is 4.90 Å². The number of benzene rings is 1. The van der Waals surface area contributed by atoms with Crippen LogP contribution in [-0.4, -0.2) is 44.4 Å². The van der Waals surface area contributed by atoms with Gasteiger partial charge >= 0.3 is 0 Å². The minimum absolute atomic E-state index is 0.143. The zero-order valence-electron chi connectivity index (χ0n) is 15.4. The van der Waals surface area contributed by atoms with Crippen LogP contribution in [0, 0.1) is 5.82 Å². The van der Waals surface area contributed by atoms with Gasteiger partial charge in [-0.1, -0.05) is 6.42 Å². The summed E-state index contributed by atoms with van der Waals surface area (Å²) in [6.07, 6.45) is 6.69. The van der Waals surface area contributed by atoms with Crippen molar-refractivity contribution in [2.75, 3.05) is 18.8 Å². The first-order valence-electron chi connectivity index (χ1n) is 9.79. The maximum atomic E-state index is 13.0. The molecule has 1 saturated heterocycles. The van der Waals surface area contributed by atoms with Crippen molar-refractivity contribution < 1.29 is 9.18 Å². The highest BCUT2D eigenvalue weighted by Gasteiger charge is 2.29. The van der Waals surface area contributed by atoms with E-state index in [9.17, 15) is 9.18 Å². The third-order valence-electron chi connectivity index (χ3n) is 5.45. The van der Waals surface area contributed by atoms with Crippen molar-refractivity contribution in [2.24, 2.45) is 0 Å². The van der Waals surface area contributed by atoms with E-state index in [0.29, 0.717) is 5.75 Å². The van der Waals surface area contributed by atoms with Crippen LogP contribution in [0.4, 0.5) is 4.39 Å². The normalized spacial score (nSPS) is 20.2. The van der Waals surface area contributed by atoms with E-state index in [0.717, 1.165) is 55.4 Å². The molecule has 1 amide bonds. The molecule has 0 saturated carbocycles. The zero-order valence-corrected chi connectivity index (χ0v) is 16.3. The quantitative estimate of drug-likeness (QED) is 0.751. The van der Waals surface area contributed by atoms with Crippen LogP contribution in [0.1, 0.15) is 49.7 Å². The number of aromatic nitrogens is 3. The molecule has 4 rings (SSSR count). The summed E-state index contributed by atoms with van der Waals surface area (Å²) in [7, 11) is 0. The molecule has 3 heterocycles. The van der Waals surface area contributed by atoms with Gasteiger partial charge in [0, 0.05) is 36.9 Å². The average molecular weight is 389 g/mol. The van der Waals surface area contributed by atoms with Crippen LogP contribution in [0.5, 0.6) is 0 Å². The molecule has 2 aromatic rings. The molecule has 1 atom stereocenters. The Labute approximate surface area is 163 Å². The number of thioether (sulfide) groups is 1. The molecule has 1 fully saturated rings. The largest absolute Gasteiger partial charge is 0.341 e. The van der Waals surface area contributed by atoms with Crippen molar-refractivity contribution in [3.63, 3.8) is 0 Å². The van der Waals surface area contributed by atoms with E-state index >= 15 is 0 Å². The second-order valence-electron chi connectivity index (χ2n) is 7.36. The highest BCUT2D eigenvalue weighted by atomic mass is 32.2. The van der Waals surface area contributed by atoms with Crippen molar-refractivity contribution >= 4 is 17.7 Å². The molecule has 0 bridgehead atoms. The summed E-state index contributed by atoms with van der Waals surface area (Å²) in [6.45, 7) is 2.53. The minimum Gasteiger partial charge on any atom is -0.341 e. The van der Waals surface area contributed by atoms with Crippen LogP contribution >= 0.6 is 11.8 Å². The lowest BCUT2D eigenvalue weighted by molar-refractivity contribution is -0.129. The number of fused-ring (bicyclic) bond motifs is 1. The van der Waals surface area contributed by atoms with Crippen LogP contribution in [0.25, 0.3) is 0 Å². The van der Waals surface area contributed by atoms with Gasteiger partial charge in [-0.25, -0.2) is 4.39 Å². The van der Waals surface area contributed by atoms with Crippen LogP contribution in [0.15, 0.2) is 29.2 Å². The lowest BCUT2D eigenvalue weighted by atomic mass is 9.97. The maximum Gasteiger partial charge on any atom is 0.232 e. The van der Waals surface area contributed by atoms with Gasteiger partial charge in [0.15, 0.2) is 0 Å². The number of piperidine rings is 1. The topological polar surface area (TPSA) is 51.0 Å². The van der Waals surface area contributed by atoms with Crippen LogP contribution < -0.4 is 0 Å². The van der Waals surface area contributed by atoms with Gasteiger partial charge in [0.05, 0.1) is 5.75 Å². The number of hydrogen-bond donors (Lipinski definition) is 0. The maximum absolute atomic E-state index is 13.0. The molecular formula is C20H25FN4OS. The molecule has 7 heteroatoms. The molecule has 5 nitrogen and oxygen atoms in total. The number of rotatable bonds is 4. The van der Waals surface area contributed by atoms with Crippen LogP contribution in [0.3, 0.4) is 0 Å². The number of carbonyl (C=O) groups excluding carboxylic acids is 1. The van der Waals surface area contributed by atoms with Gasteiger partial charge in [-0.3, -0.25) is 4.79 Å². The fourth-order valence-corrected chi connectivity index (χ4v) is 4.79. The number of halogens is 1. The summed E-state index contributed by atoms with van der Waals surface area (Å²) in [5.41, 5.74) is 0. The van der Waals surface area contributed by atoms with E-state index in [2.05, 4.69) is 14.8 Å². The van der Waals surface area contributed by atoms with E-state index in [4.69, 9.17) is 0 Å². The molecule has 0 N–H and O–H groups in total. The van der Waals surface area contributed by atoms with Crippen LogP contribution in [-0.2, 0) is 17.8 Å². The summed E-state index contributed by atoms with van der Waals surface area (Å²) in [5, 5.41) is 8.91. The third-order valence-corrected chi connectivity index (χ3v) is 6.45. The Morgan fingerprint density at radius 1 is 1.11 bits per heavy atom. The fraction of sp³-hybridized carbons (Fsp3) is 0.550. The van der Waals surface area contributed by atoms with Crippen molar-refractivity contribution in [1.29, 1.82) is 0 Å². The number of nitrogens with zero attached hydrogens (tertiary/aromatic N) is 4. The average Bonchev–Trinajstić information content (AvgIpc) is 2.96. The van der Waals surface area contributed by atoms with E-state index in [-0.39, 0.29) is 17.6 Å². The van der Waals surface area contributed by atoms with Gasteiger partial charge in [-0.15, -0.1) is 22.0 Å². The van der Waals surface area contributed by atoms with Crippen molar-refractivity contribution in [1.82, 2.24) is 19.7 Å².